The van der Waals surface area contributed by atoms with Crippen molar-refractivity contribution in [1.29, 1.82) is 0 Å². The molecule has 1 saturated heterocycles. The molecule has 0 saturated carbocycles. The molecule has 156 valence electrons. The number of anilines is 1. The number of hydrogen-bond donors (Lipinski definition) is 0. The Morgan fingerprint density at radius 3 is 2.45 bits per heavy atom. The van der Waals surface area contributed by atoms with Gasteiger partial charge < -0.3 is 9.80 Å². The Hall–Kier alpha value is -3.32. The van der Waals surface area contributed by atoms with Crippen molar-refractivity contribution < 1.29 is 9.18 Å². The van der Waals surface area contributed by atoms with Crippen molar-refractivity contribution in [2.45, 2.75) is 6.42 Å². The van der Waals surface area contributed by atoms with E-state index in [1.54, 1.807) is 12.1 Å². The molecule has 7 heteroatoms. The van der Waals surface area contributed by atoms with Crippen LogP contribution in [0, 0.1) is 5.82 Å². The molecule has 0 aliphatic carbocycles. The molecule has 1 fully saturated rings. The molecule has 0 atom stereocenters. The van der Waals surface area contributed by atoms with E-state index in [-0.39, 0.29) is 11.7 Å². The van der Waals surface area contributed by atoms with Crippen LogP contribution in [0.4, 0.5) is 9.52 Å². The Morgan fingerprint density at radius 1 is 0.935 bits per heavy atom. The van der Waals surface area contributed by atoms with Gasteiger partial charge in [-0.25, -0.2) is 9.37 Å². The maximum Gasteiger partial charge on any atom is 0.253 e. The first-order valence-corrected chi connectivity index (χ1v) is 11.0. The molecule has 1 aliphatic rings. The zero-order valence-electron chi connectivity index (χ0n) is 16.9. The molecule has 0 spiro atoms. The molecule has 0 bridgehead atoms. The van der Waals surface area contributed by atoms with Crippen molar-refractivity contribution in [3.8, 4) is 0 Å². The molecule has 2 heterocycles. The fourth-order valence-corrected chi connectivity index (χ4v) is 4.57. The second-order valence-electron chi connectivity index (χ2n) is 7.64. The van der Waals surface area contributed by atoms with Gasteiger partial charge in [0.2, 0.25) is 5.13 Å². The summed E-state index contributed by atoms with van der Waals surface area (Å²) in [5.74, 6) is 0.563. The summed E-state index contributed by atoms with van der Waals surface area (Å²) in [5.41, 5.74) is 1.71. The lowest BCUT2D eigenvalue weighted by molar-refractivity contribution is 0.0747. The minimum absolute atomic E-state index is 0.0691. The van der Waals surface area contributed by atoms with Gasteiger partial charge in [0.05, 0.1) is 0 Å². The highest BCUT2D eigenvalue weighted by Crippen LogP contribution is 2.22. The highest BCUT2D eigenvalue weighted by atomic mass is 32.1. The van der Waals surface area contributed by atoms with Gasteiger partial charge in [0.15, 0.2) is 0 Å². The van der Waals surface area contributed by atoms with Crippen LogP contribution in [0.3, 0.4) is 0 Å². The molecular formula is C24H21FN4OS. The zero-order chi connectivity index (χ0) is 21.2. The summed E-state index contributed by atoms with van der Waals surface area (Å²) in [5, 5.41) is 3.08. The number of benzene rings is 3. The normalized spacial score (nSPS) is 14.2. The van der Waals surface area contributed by atoms with E-state index in [0.717, 1.165) is 45.9 Å². The van der Waals surface area contributed by atoms with E-state index < -0.39 is 0 Å². The Balaban J connectivity index is 1.21. The summed E-state index contributed by atoms with van der Waals surface area (Å²) < 4.78 is 17.5. The van der Waals surface area contributed by atoms with E-state index in [9.17, 15) is 9.18 Å². The van der Waals surface area contributed by atoms with Crippen LogP contribution in [-0.2, 0) is 6.42 Å². The standard InChI is InChI=1S/C24H21FN4OS/c25-21-9-5-17(6-10-21)15-22-26-24(31-27-22)29-13-11-28(12-14-29)23(30)20-8-7-18-3-1-2-4-19(18)16-20/h1-10,16H,11-15H2. The fraction of sp³-hybridized carbons (Fsp3) is 0.208. The summed E-state index contributed by atoms with van der Waals surface area (Å²) in [7, 11) is 0. The molecule has 5 nitrogen and oxygen atoms in total. The lowest BCUT2D eigenvalue weighted by Crippen LogP contribution is -2.48. The van der Waals surface area contributed by atoms with E-state index in [1.807, 2.05) is 41.3 Å². The molecule has 0 N–H and O–H groups in total. The average Bonchev–Trinajstić information content (AvgIpc) is 3.28. The van der Waals surface area contributed by atoms with Crippen LogP contribution in [0.1, 0.15) is 21.7 Å². The molecule has 1 aromatic heterocycles. The molecule has 3 aromatic carbocycles. The summed E-state index contributed by atoms with van der Waals surface area (Å²) in [4.78, 5) is 21.7. The second-order valence-corrected chi connectivity index (χ2v) is 8.37. The third-order valence-corrected chi connectivity index (χ3v) is 6.38. The zero-order valence-corrected chi connectivity index (χ0v) is 17.7. The van der Waals surface area contributed by atoms with Crippen molar-refractivity contribution >= 4 is 33.3 Å². The summed E-state index contributed by atoms with van der Waals surface area (Å²) in [6.07, 6.45) is 0.581. The smallest absolute Gasteiger partial charge is 0.253 e. The van der Waals surface area contributed by atoms with Crippen LogP contribution < -0.4 is 4.90 Å². The quantitative estimate of drug-likeness (QED) is 0.480. The summed E-state index contributed by atoms with van der Waals surface area (Å²) in [6.45, 7) is 2.76. The maximum atomic E-state index is 13.1. The van der Waals surface area contributed by atoms with Gasteiger partial charge in [0.25, 0.3) is 5.91 Å². The van der Waals surface area contributed by atoms with E-state index in [1.165, 1.54) is 23.7 Å². The molecule has 0 unspecified atom stereocenters. The highest BCUT2D eigenvalue weighted by molar-refractivity contribution is 7.09. The van der Waals surface area contributed by atoms with Gasteiger partial charge in [-0.15, -0.1) is 0 Å². The molecule has 31 heavy (non-hydrogen) atoms. The van der Waals surface area contributed by atoms with E-state index in [2.05, 4.69) is 20.3 Å². The number of piperazine rings is 1. The predicted molar refractivity (Wildman–Crippen MR) is 121 cm³/mol. The first kappa shape index (κ1) is 19.6. The summed E-state index contributed by atoms with van der Waals surface area (Å²) >= 11 is 1.37. The minimum atomic E-state index is -0.244. The summed E-state index contributed by atoms with van der Waals surface area (Å²) in [6, 6.07) is 20.4. The maximum absolute atomic E-state index is 13.1. The highest BCUT2D eigenvalue weighted by Gasteiger charge is 2.24. The number of rotatable bonds is 4. The van der Waals surface area contributed by atoms with Gasteiger partial charge in [0.1, 0.15) is 11.6 Å². The van der Waals surface area contributed by atoms with Crippen molar-refractivity contribution in [3.05, 3.63) is 89.5 Å². The Morgan fingerprint density at radius 2 is 1.68 bits per heavy atom. The number of fused-ring (bicyclic) bond motifs is 1. The van der Waals surface area contributed by atoms with Gasteiger partial charge in [-0.05, 0) is 40.6 Å². The van der Waals surface area contributed by atoms with Crippen LogP contribution in [0.2, 0.25) is 0 Å². The minimum Gasteiger partial charge on any atom is -0.343 e. The SMILES string of the molecule is O=C(c1ccc2ccccc2c1)N1CCN(c2nc(Cc3ccc(F)cc3)ns2)CC1. The van der Waals surface area contributed by atoms with E-state index in [4.69, 9.17) is 0 Å². The fourth-order valence-electron chi connectivity index (χ4n) is 3.84. The molecule has 5 rings (SSSR count). The van der Waals surface area contributed by atoms with Crippen molar-refractivity contribution in [2.24, 2.45) is 0 Å². The first-order chi connectivity index (χ1) is 15.2. The Labute approximate surface area is 183 Å². The first-order valence-electron chi connectivity index (χ1n) is 10.3. The number of amides is 1. The predicted octanol–water partition coefficient (Wildman–Crippen LogP) is 4.38. The van der Waals surface area contributed by atoms with Gasteiger partial charge in [-0.2, -0.15) is 4.37 Å². The third-order valence-electron chi connectivity index (χ3n) is 5.57. The van der Waals surface area contributed by atoms with Crippen molar-refractivity contribution in [3.63, 3.8) is 0 Å². The second kappa shape index (κ2) is 8.43. The van der Waals surface area contributed by atoms with Crippen LogP contribution in [-0.4, -0.2) is 46.3 Å². The molecule has 1 aliphatic heterocycles. The number of carbonyl (C=O) groups is 1. The van der Waals surface area contributed by atoms with Gasteiger partial charge in [-0.3, -0.25) is 4.79 Å². The topological polar surface area (TPSA) is 49.3 Å². The van der Waals surface area contributed by atoms with Gasteiger partial charge in [-0.1, -0.05) is 42.5 Å². The molecule has 0 radical (unpaired) electrons. The lowest BCUT2D eigenvalue weighted by atomic mass is 10.1. The monoisotopic (exact) mass is 432 g/mol. The number of hydrogen-bond acceptors (Lipinski definition) is 5. The van der Waals surface area contributed by atoms with E-state index in [0.29, 0.717) is 19.5 Å². The Kier molecular flexibility index (Phi) is 5.34. The number of halogens is 1. The lowest BCUT2D eigenvalue weighted by Gasteiger charge is -2.34. The van der Waals surface area contributed by atoms with Crippen LogP contribution >= 0.6 is 11.5 Å². The number of aromatic nitrogens is 2. The van der Waals surface area contributed by atoms with Crippen molar-refractivity contribution in [2.75, 3.05) is 31.1 Å². The molecular weight excluding hydrogens is 411 g/mol. The van der Waals surface area contributed by atoms with Crippen LogP contribution in [0.25, 0.3) is 10.8 Å². The van der Waals surface area contributed by atoms with Crippen molar-refractivity contribution in [1.82, 2.24) is 14.3 Å². The third kappa shape index (κ3) is 4.27. The largest absolute Gasteiger partial charge is 0.343 e. The average molecular weight is 433 g/mol. The van der Waals surface area contributed by atoms with Crippen LogP contribution in [0.5, 0.6) is 0 Å². The number of nitrogens with zero attached hydrogens (tertiary/aromatic N) is 4. The molecule has 1 amide bonds. The van der Waals surface area contributed by atoms with Gasteiger partial charge >= 0.3 is 0 Å². The van der Waals surface area contributed by atoms with Gasteiger partial charge in [0, 0.05) is 49.7 Å². The molecule has 4 aromatic rings. The van der Waals surface area contributed by atoms with E-state index >= 15 is 0 Å². The van der Waals surface area contributed by atoms with Crippen LogP contribution in [0.15, 0.2) is 66.7 Å². The Bertz CT molecular complexity index is 1220. The number of carbonyl (C=O) groups excluding carboxylic acids is 1.